The summed E-state index contributed by atoms with van der Waals surface area (Å²) in [7, 11) is 0. The molecular formula is C23H27N5. The van der Waals surface area contributed by atoms with Crippen molar-refractivity contribution in [2.24, 2.45) is 0 Å². The van der Waals surface area contributed by atoms with Crippen LogP contribution >= 0.6 is 0 Å². The van der Waals surface area contributed by atoms with E-state index in [1.54, 1.807) is 6.20 Å². The van der Waals surface area contributed by atoms with Gasteiger partial charge < -0.3 is 10.2 Å². The number of nitrogens with zero attached hydrogens (tertiary/aromatic N) is 4. The van der Waals surface area contributed by atoms with Crippen molar-refractivity contribution in [2.75, 3.05) is 16.8 Å². The molecule has 28 heavy (non-hydrogen) atoms. The number of nitrogens with one attached hydrogen (secondary N) is 1. The standard InChI is InChI=1S/C23H27N5/c1-2-20-12-6-7-14-28(20)23-26-21(19-10-4-3-5-11-19)15-22(27-23)25-17-18-9-8-13-24-16-18/h3-5,8-11,13,15-16,20H,2,6-7,12,14,17H2,1H3,(H,25,26,27). The van der Waals surface area contributed by atoms with Gasteiger partial charge in [-0.25, -0.2) is 4.98 Å². The second-order valence-corrected chi connectivity index (χ2v) is 7.27. The van der Waals surface area contributed by atoms with Gasteiger partial charge in [0.25, 0.3) is 0 Å². The minimum Gasteiger partial charge on any atom is -0.366 e. The maximum Gasteiger partial charge on any atom is 0.228 e. The van der Waals surface area contributed by atoms with Crippen LogP contribution in [-0.2, 0) is 6.54 Å². The molecule has 0 saturated carbocycles. The molecule has 1 N–H and O–H groups in total. The Balaban J connectivity index is 1.66. The first-order chi connectivity index (χ1) is 13.8. The van der Waals surface area contributed by atoms with Crippen LogP contribution < -0.4 is 10.2 Å². The average Bonchev–Trinajstić information content (AvgIpc) is 2.79. The second-order valence-electron chi connectivity index (χ2n) is 7.27. The van der Waals surface area contributed by atoms with Gasteiger partial charge in [-0.1, -0.05) is 43.3 Å². The van der Waals surface area contributed by atoms with E-state index < -0.39 is 0 Å². The molecule has 0 bridgehead atoms. The van der Waals surface area contributed by atoms with Crippen molar-refractivity contribution in [1.82, 2.24) is 15.0 Å². The normalized spacial score (nSPS) is 16.8. The van der Waals surface area contributed by atoms with E-state index in [0.717, 1.165) is 41.6 Å². The molecule has 1 fully saturated rings. The van der Waals surface area contributed by atoms with E-state index >= 15 is 0 Å². The monoisotopic (exact) mass is 373 g/mol. The zero-order valence-corrected chi connectivity index (χ0v) is 16.4. The summed E-state index contributed by atoms with van der Waals surface area (Å²) in [6, 6.07) is 16.9. The van der Waals surface area contributed by atoms with Crippen molar-refractivity contribution < 1.29 is 0 Å². The lowest BCUT2D eigenvalue weighted by Crippen LogP contribution is -2.40. The maximum absolute atomic E-state index is 4.94. The number of rotatable bonds is 6. The molecule has 1 aromatic carbocycles. The van der Waals surface area contributed by atoms with E-state index in [1.165, 1.54) is 19.3 Å². The molecule has 144 valence electrons. The van der Waals surface area contributed by atoms with Crippen LogP contribution in [0.25, 0.3) is 11.3 Å². The molecule has 3 heterocycles. The van der Waals surface area contributed by atoms with Gasteiger partial charge in [-0.15, -0.1) is 0 Å². The lowest BCUT2D eigenvalue weighted by Gasteiger charge is -2.35. The van der Waals surface area contributed by atoms with Crippen LogP contribution in [0.5, 0.6) is 0 Å². The van der Waals surface area contributed by atoms with Crippen molar-refractivity contribution in [3.63, 3.8) is 0 Å². The van der Waals surface area contributed by atoms with Gasteiger partial charge in [0.15, 0.2) is 0 Å². The number of hydrogen-bond acceptors (Lipinski definition) is 5. The van der Waals surface area contributed by atoms with Gasteiger partial charge in [0, 0.05) is 43.2 Å². The number of pyridine rings is 1. The largest absolute Gasteiger partial charge is 0.366 e. The molecule has 5 nitrogen and oxygen atoms in total. The fourth-order valence-corrected chi connectivity index (χ4v) is 3.79. The third-order valence-electron chi connectivity index (χ3n) is 5.34. The molecular weight excluding hydrogens is 346 g/mol. The lowest BCUT2D eigenvalue weighted by atomic mass is 10.0. The fourth-order valence-electron chi connectivity index (χ4n) is 3.79. The number of aromatic nitrogens is 3. The topological polar surface area (TPSA) is 53.9 Å². The molecule has 1 saturated heterocycles. The molecule has 0 spiro atoms. The first-order valence-corrected chi connectivity index (χ1v) is 10.2. The molecule has 2 aromatic heterocycles. The van der Waals surface area contributed by atoms with Crippen molar-refractivity contribution in [3.05, 3.63) is 66.5 Å². The molecule has 0 amide bonds. The Morgan fingerprint density at radius 3 is 2.75 bits per heavy atom. The highest BCUT2D eigenvalue weighted by molar-refractivity contribution is 5.64. The minimum atomic E-state index is 0.519. The minimum absolute atomic E-state index is 0.519. The van der Waals surface area contributed by atoms with Gasteiger partial charge >= 0.3 is 0 Å². The quantitative estimate of drug-likeness (QED) is 0.665. The summed E-state index contributed by atoms with van der Waals surface area (Å²) in [4.78, 5) is 16.4. The molecule has 3 aromatic rings. The van der Waals surface area contributed by atoms with E-state index in [0.29, 0.717) is 12.6 Å². The van der Waals surface area contributed by atoms with E-state index in [-0.39, 0.29) is 0 Å². The fraction of sp³-hybridized carbons (Fsp3) is 0.348. The zero-order valence-electron chi connectivity index (χ0n) is 16.4. The van der Waals surface area contributed by atoms with Crippen molar-refractivity contribution >= 4 is 11.8 Å². The number of hydrogen-bond donors (Lipinski definition) is 1. The number of benzene rings is 1. The smallest absolute Gasteiger partial charge is 0.228 e. The Morgan fingerprint density at radius 1 is 1.07 bits per heavy atom. The van der Waals surface area contributed by atoms with Gasteiger partial charge in [0.05, 0.1) is 5.69 Å². The molecule has 1 atom stereocenters. The third kappa shape index (κ3) is 4.30. The Kier molecular flexibility index (Phi) is 5.80. The second kappa shape index (κ2) is 8.83. The molecule has 0 aliphatic carbocycles. The Labute approximate surface area is 166 Å². The van der Waals surface area contributed by atoms with Crippen molar-refractivity contribution in [1.29, 1.82) is 0 Å². The third-order valence-corrected chi connectivity index (χ3v) is 5.34. The first kappa shape index (κ1) is 18.4. The molecule has 0 radical (unpaired) electrons. The first-order valence-electron chi connectivity index (χ1n) is 10.2. The molecule has 4 rings (SSSR count). The average molecular weight is 374 g/mol. The summed E-state index contributed by atoms with van der Waals surface area (Å²) < 4.78 is 0. The Hall–Kier alpha value is -2.95. The summed E-state index contributed by atoms with van der Waals surface area (Å²) in [6.07, 6.45) is 8.50. The predicted molar refractivity (Wildman–Crippen MR) is 114 cm³/mol. The van der Waals surface area contributed by atoms with Gasteiger partial charge in [0.2, 0.25) is 5.95 Å². The van der Waals surface area contributed by atoms with Gasteiger partial charge in [-0.2, -0.15) is 4.98 Å². The molecule has 1 aliphatic rings. The van der Waals surface area contributed by atoms with Crippen molar-refractivity contribution in [2.45, 2.75) is 45.2 Å². The highest BCUT2D eigenvalue weighted by Crippen LogP contribution is 2.28. The molecule has 1 aliphatic heterocycles. The van der Waals surface area contributed by atoms with Crippen LogP contribution in [0.15, 0.2) is 60.9 Å². The van der Waals surface area contributed by atoms with E-state index in [1.807, 2.05) is 24.4 Å². The van der Waals surface area contributed by atoms with Crippen LogP contribution in [-0.4, -0.2) is 27.5 Å². The van der Waals surface area contributed by atoms with Crippen molar-refractivity contribution in [3.8, 4) is 11.3 Å². The SMILES string of the molecule is CCC1CCCCN1c1nc(NCc2cccnc2)cc(-c2ccccc2)n1. The number of piperidine rings is 1. The van der Waals surface area contributed by atoms with Crippen LogP contribution in [0, 0.1) is 0 Å². The zero-order chi connectivity index (χ0) is 19.2. The maximum atomic E-state index is 4.94. The Morgan fingerprint density at radius 2 is 1.96 bits per heavy atom. The highest BCUT2D eigenvalue weighted by atomic mass is 15.3. The summed E-state index contributed by atoms with van der Waals surface area (Å²) in [5.74, 6) is 1.69. The van der Waals surface area contributed by atoms with Gasteiger partial charge in [-0.3, -0.25) is 4.98 Å². The summed E-state index contributed by atoms with van der Waals surface area (Å²) in [5, 5.41) is 3.47. The number of anilines is 2. The summed E-state index contributed by atoms with van der Waals surface area (Å²) in [6.45, 7) is 3.97. The van der Waals surface area contributed by atoms with Gasteiger partial charge in [0.1, 0.15) is 5.82 Å². The molecule has 1 unspecified atom stereocenters. The lowest BCUT2D eigenvalue weighted by molar-refractivity contribution is 0.443. The van der Waals surface area contributed by atoms with E-state index in [4.69, 9.17) is 9.97 Å². The van der Waals surface area contributed by atoms with E-state index in [9.17, 15) is 0 Å². The summed E-state index contributed by atoms with van der Waals surface area (Å²) in [5.41, 5.74) is 3.20. The van der Waals surface area contributed by atoms with E-state index in [2.05, 4.69) is 52.5 Å². The summed E-state index contributed by atoms with van der Waals surface area (Å²) >= 11 is 0. The van der Waals surface area contributed by atoms with Crippen LogP contribution in [0.2, 0.25) is 0 Å². The van der Waals surface area contributed by atoms with Gasteiger partial charge in [-0.05, 0) is 37.3 Å². The van der Waals surface area contributed by atoms with Crippen LogP contribution in [0.4, 0.5) is 11.8 Å². The van der Waals surface area contributed by atoms with Crippen LogP contribution in [0.1, 0.15) is 38.2 Å². The Bertz CT molecular complexity index is 882. The predicted octanol–water partition coefficient (Wildman–Crippen LogP) is 4.92. The molecule has 5 heteroatoms. The van der Waals surface area contributed by atoms with Crippen LogP contribution in [0.3, 0.4) is 0 Å². The highest BCUT2D eigenvalue weighted by Gasteiger charge is 2.24.